The van der Waals surface area contributed by atoms with Gasteiger partial charge in [0.25, 0.3) is 0 Å². The second-order valence-electron chi connectivity index (χ2n) is 10.7. The molecule has 0 saturated heterocycles. The van der Waals surface area contributed by atoms with Crippen LogP contribution in [0.3, 0.4) is 0 Å². The first-order valence-electron chi connectivity index (χ1n) is 13.2. The minimum absolute atomic E-state index is 0.138. The number of hydrogen-bond acceptors (Lipinski definition) is 6. The number of aliphatic hydroxyl groups excluding tert-OH is 1. The van der Waals surface area contributed by atoms with Crippen LogP contribution in [0.15, 0.2) is 48.5 Å². The molecule has 0 amide bonds. The molecule has 10 heteroatoms. The second kappa shape index (κ2) is 12.8. The maximum atomic E-state index is 9.87. The summed E-state index contributed by atoms with van der Waals surface area (Å²) in [4.78, 5) is 6.01. The molecule has 4 rings (SSSR count). The fourth-order valence-corrected chi connectivity index (χ4v) is 5.22. The van der Waals surface area contributed by atoms with E-state index >= 15 is 0 Å². The molecule has 2 heterocycles. The predicted molar refractivity (Wildman–Crippen MR) is 154 cm³/mol. The number of hydrogen-bond donors (Lipinski definition) is 1. The maximum absolute atomic E-state index is 9.87. The molecule has 0 aliphatic carbocycles. The molecule has 0 atom stereocenters. The molecule has 202 valence electrons. The smallest absolute Gasteiger partial charge is 0.205 e. The van der Waals surface area contributed by atoms with Gasteiger partial charge >= 0.3 is 0 Å². The highest BCUT2D eigenvalue weighted by Gasteiger charge is 2.17. The quantitative estimate of drug-likeness (QED) is 0.160. The van der Waals surface area contributed by atoms with Gasteiger partial charge in [0.15, 0.2) is 11.9 Å². The topological polar surface area (TPSA) is 90.9 Å². The van der Waals surface area contributed by atoms with E-state index < -0.39 is 8.07 Å². The highest BCUT2D eigenvalue weighted by atomic mass is 35.5. The zero-order chi connectivity index (χ0) is 27.1. The molecular weight excluding hydrogens is 516 g/mol. The van der Waals surface area contributed by atoms with Crippen molar-refractivity contribution >= 4 is 19.7 Å². The fourth-order valence-electron chi connectivity index (χ4n) is 4.20. The van der Waals surface area contributed by atoms with Gasteiger partial charge in [-0.15, -0.1) is 15.0 Å². The number of halogens is 1. The van der Waals surface area contributed by atoms with E-state index in [4.69, 9.17) is 16.3 Å². The molecule has 2 aromatic heterocycles. The van der Waals surface area contributed by atoms with Crippen LogP contribution in [-0.2, 0) is 31.0 Å². The average Bonchev–Trinajstić information content (AvgIpc) is 3.49. The lowest BCUT2D eigenvalue weighted by molar-refractivity contribution is 0.0674. The Morgan fingerprint density at radius 3 is 2.45 bits per heavy atom. The molecule has 38 heavy (non-hydrogen) atoms. The summed E-state index contributed by atoms with van der Waals surface area (Å²) < 4.78 is 7.81. The van der Waals surface area contributed by atoms with Crippen LogP contribution in [-0.4, -0.2) is 49.5 Å². The normalized spacial score (nSPS) is 11.8. The van der Waals surface area contributed by atoms with E-state index in [1.165, 1.54) is 4.80 Å². The van der Waals surface area contributed by atoms with E-state index in [9.17, 15) is 5.11 Å². The summed E-state index contributed by atoms with van der Waals surface area (Å²) >= 11 is 6.31. The number of aliphatic hydroxyl groups is 1. The van der Waals surface area contributed by atoms with Crippen LogP contribution >= 0.6 is 11.6 Å². The fraction of sp³-hybridized carbons (Fsp3) is 0.429. The zero-order valence-electron chi connectivity index (χ0n) is 22.7. The Morgan fingerprint density at radius 1 is 1.03 bits per heavy atom. The van der Waals surface area contributed by atoms with Crippen LogP contribution < -0.4 is 0 Å². The van der Waals surface area contributed by atoms with Crippen molar-refractivity contribution in [3.05, 3.63) is 70.8 Å². The van der Waals surface area contributed by atoms with Gasteiger partial charge in [-0.2, -0.15) is 0 Å². The number of aromatic nitrogens is 6. The van der Waals surface area contributed by atoms with Crippen molar-refractivity contribution in [2.45, 2.75) is 71.8 Å². The first kappa shape index (κ1) is 28.2. The lowest BCUT2D eigenvalue weighted by Gasteiger charge is -2.14. The molecule has 0 bridgehead atoms. The minimum atomic E-state index is -1.14. The predicted octanol–water partition coefficient (Wildman–Crippen LogP) is 6.05. The second-order valence-corrected chi connectivity index (χ2v) is 16.7. The first-order chi connectivity index (χ1) is 18.3. The minimum Gasteiger partial charge on any atom is -0.390 e. The Labute approximate surface area is 230 Å². The van der Waals surface area contributed by atoms with E-state index in [1.807, 2.05) is 22.8 Å². The third-order valence-electron chi connectivity index (χ3n) is 6.44. The summed E-state index contributed by atoms with van der Waals surface area (Å²) in [5.74, 6) is 1.48. The van der Waals surface area contributed by atoms with Crippen molar-refractivity contribution < 1.29 is 9.84 Å². The third kappa shape index (κ3) is 7.16. The molecule has 0 aliphatic rings. The third-order valence-corrected chi connectivity index (χ3v) is 8.44. The van der Waals surface area contributed by atoms with Crippen molar-refractivity contribution in [1.29, 1.82) is 0 Å². The van der Waals surface area contributed by atoms with Gasteiger partial charge in [0, 0.05) is 33.2 Å². The van der Waals surface area contributed by atoms with Crippen molar-refractivity contribution in [3.63, 3.8) is 0 Å². The van der Waals surface area contributed by atoms with Crippen molar-refractivity contribution in [2.75, 3.05) is 6.61 Å². The zero-order valence-corrected chi connectivity index (χ0v) is 24.4. The Balaban J connectivity index is 1.50. The number of tetrazole rings is 1. The maximum Gasteiger partial charge on any atom is 0.205 e. The lowest BCUT2D eigenvalue weighted by Crippen LogP contribution is -2.22. The lowest BCUT2D eigenvalue weighted by atomic mass is 9.98. The molecule has 2 aromatic carbocycles. The summed E-state index contributed by atoms with van der Waals surface area (Å²) in [5, 5.41) is 23.3. The molecule has 0 saturated carbocycles. The Hall–Kier alpha value is -2.85. The molecule has 4 aromatic rings. The van der Waals surface area contributed by atoms with Crippen molar-refractivity contribution in [2.24, 2.45) is 0 Å². The number of unbranched alkanes of at least 4 members (excludes halogenated alkanes) is 1. The van der Waals surface area contributed by atoms with E-state index in [2.05, 4.69) is 77.3 Å². The Bertz CT molecular complexity index is 1330. The highest BCUT2D eigenvalue weighted by Crippen LogP contribution is 2.30. The van der Waals surface area contributed by atoms with Crippen molar-refractivity contribution in [1.82, 2.24) is 29.8 Å². The van der Waals surface area contributed by atoms with Crippen LogP contribution in [0.5, 0.6) is 0 Å². The number of aryl methyl sites for hydroxylation is 1. The molecule has 0 fully saturated rings. The summed E-state index contributed by atoms with van der Waals surface area (Å²) in [6.45, 7) is 10.6. The number of ether oxygens (including phenoxy) is 1. The number of imidazole rings is 1. The van der Waals surface area contributed by atoms with Gasteiger partial charge in [-0.25, -0.2) is 4.98 Å². The summed E-state index contributed by atoms with van der Waals surface area (Å²) in [7, 11) is -1.14. The van der Waals surface area contributed by atoms with Crippen LogP contribution in [0, 0.1) is 0 Å². The molecule has 0 aliphatic heterocycles. The summed E-state index contributed by atoms with van der Waals surface area (Å²) in [5.41, 5.74) is 4.77. The van der Waals surface area contributed by atoms with Gasteiger partial charge in [0.1, 0.15) is 5.82 Å². The standard InChI is InChI=1S/C28H37ClN6O2Si/c1-5-6-11-26-30-27(29)25(19-36)34(26)18-21-12-14-22(15-13-21)23-9-7-8-10-24(23)28-31-33-35(32-28)20-37-16-17-38(2,3)4/h7-10,12-15,36H,5-6,11,16-20H2,1-4H3. The summed E-state index contributed by atoms with van der Waals surface area (Å²) in [6, 6.07) is 17.6. The van der Waals surface area contributed by atoms with Crippen LogP contribution in [0.2, 0.25) is 30.8 Å². The highest BCUT2D eigenvalue weighted by molar-refractivity contribution is 6.76. The molecular formula is C28H37ClN6O2Si. The Kier molecular flexibility index (Phi) is 9.48. The SMILES string of the molecule is CCCCc1nc(Cl)c(CO)n1Cc1ccc(-c2ccccc2-c2nnn(COCC[Si](C)(C)C)n2)cc1. The number of rotatable bonds is 13. The van der Waals surface area contributed by atoms with Gasteiger partial charge in [-0.05, 0) is 34.4 Å². The molecule has 0 spiro atoms. The summed E-state index contributed by atoms with van der Waals surface area (Å²) in [6.07, 6.45) is 2.93. The molecule has 0 radical (unpaired) electrons. The van der Waals surface area contributed by atoms with Gasteiger partial charge in [0.2, 0.25) is 5.82 Å². The number of nitrogens with zero attached hydrogens (tertiary/aromatic N) is 6. The van der Waals surface area contributed by atoms with Crippen LogP contribution in [0.4, 0.5) is 0 Å². The monoisotopic (exact) mass is 552 g/mol. The van der Waals surface area contributed by atoms with Gasteiger partial charge in [0.05, 0.1) is 12.3 Å². The van der Waals surface area contributed by atoms with E-state index in [-0.39, 0.29) is 6.61 Å². The largest absolute Gasteiger partial charge is 0.390 e. The van der Waals surface area contributed by atoms with Crippen LogP contribution in [0.25, 0.3) is 22.5 Å². The Morgan fingerprint density at radius 2 is 1.76 bits per heavy atom. The first-order valence-corrected chi connectivity index (χ1v) is 17.3. The molecule has 0 unspecified atom stereocenters. The van der Waals surface area contributed by atoms with Gasteiger partial charge in [-0.1, -0.05) is 93.1 Å². The van der Waals surface area contributed by atoms with E-state index in [0.717, 1.165) is 53.4 Å². The number of benzene rings is 2. The van der Waals surface area contributed by atoms with Gasteiger partial charge in [-0.3, -0.25) is 0 Å². The molecule has 1 N–H and O–H groups in total. The van der Waals surface area contributed by atoms with E-state index in [0.29, 0.717) is 36.6 Å². The van der Waals surface area contributed by atoms with Gasteiger partial charge < -0.3 is 14.4 Å². The van der Waals surface area contributed by atoms with Crippen molar-refractivity contribution in [3.8, 4) is 22.5 Å². The van der Waals surface area contributed by atoms with E-state index in [1.54, 1.807) is 0 Å². The average molecular weight is 553 g/mol. The van der Waals surface area contributed by atoms with Crippen LogP contribution in [0.1, 0.15) is 36.8 Å². The molecule has 8 nitrogen and oxygen atoms in total.